The van der Waals surface area contributed by atoms with Gasteiger partial charge in [-0.2, -0.15) is 10.1 Å². The molecule has 0 fully saturated rings. The van der Waals surface area contributed by atoms with Gasteiger partial charge in [-0.25, -0.2) is 0 Å². The number of benzene rings is 1. The first kappa shape index (κ1) is 9.77. The monoisotopic (exact) mass is 226 g/mol. The first-order chi connectivity index (χ1) is 8.34. The highest BCUT2D eigenvalue weighted by atomic mass is 16.5. The molecular formula is C12H10N4O. The third-order valence-electron chi connectivity index (χ3n) is 2.54. The molecule has 1 N–H and O–H groups in total. The molecule has 1 aromatic carbocycles. The summed E-state index contributed by atoms with van der Waals surface area (Å²) in [5.74, 6) is 1.04. The van der Waals surface area contributed by atoms with Crippen LogP contribution in [0.5, 0.6) is 0 Å². The topological polar surface area (TPSA) is 67.6 Å². The third kappa shape index (κ3) is 1.71. The highest BCUT2D eigenvalue weighted by molar-refractivity contribution is 5.61. The van der Waals surface area contributed by atoms with Crippen LogP contribution in [0.15, 0.2) is 41.1 Å². The molecule has 2 aromatic heterocycles. The van der Waals surface area contributed by atoms with Crippen LogP contribution < -0.4 is 0 Å². The molecule has 0 aliphatic rings. The molecule has 0 unspecified atom stereocenters. The zero-order chi connectivity index (χ0) is 11.7. The number of aromatic amines is 1. The molecule has 0 aliphatic heterocycles. The van der Waals surface area contributed by atoms with Crippen LogP contribution in [0, 0.1) is 6.92 Å². The van der Waals surface area contributed by atoms with E-state index in [1.54, 1.807) is 12.3 Å². The fourth-order valence-electron chi connectivity index (χ4n) is 1.64. The molecule has 0 saturated heterocycles. The van der Waals surface area contributed by atoms with E-state index in [-0.39, 0.29) is 0 Å². The second-order valence-corrected chi connectivity index (χ2v) is 3.71. The molecule has 0 spiro atoms. The number of aromatic nitrogens is 4. The Bertz CT molecular complexity index is 628. The zero-order valence-electron chi connectivity index (χ0n) is 9.21. The second kappa shape index (κ2) is 3.86. The summed E-state index contributed by atoms with van der Waals surface area (Å²) in [4.78, 5) is 4.33. The van der Waals surface area contributed by atoms with E-state index in [1.807, 2.05) is 31.2 Å². The normalized spacial score (nSPS) is 10.6. The number of hydrogen-bond donors (Lipinski definition) is 1. The van der Waals surface area contributed by atoms with Crippen molar-refractivity contribution in [2.75, 3.05) is 0 Å². The van der Waals surface area contributed by atoms with Crippen molar-refractivity contribution in [1.29, 1.82) is 0 Å². The van der Waals surface area contributed by atoms with Gasteiger partial charge < -0.3 is 4.52 Å². The van der Waals surface area contributed by atoms with Crippen LogP contribution in [0.3, 0.4) is 0 Å². The standard InChI is InChI=1S/C12H10N4O/c1-8-4-2-3-5-9(8)11-14-12(17-16-11)10-6-7-13-15-10/h2-7H,1H3,(H,13,15). The van der Waals surface area contributed by atoms with Crippen molar-refractivity contribution in [3.05, 3.63) is 42.1 Å². The molecule has 5 heteroatoms. The Hall–Kier alpha value is -2.43. The summed E-state index contributed by atoms with van der Waals surface area (Å²) in [7, 11) is 0. The Labute approximate surface area is 97.5 Å². The minimum absolute atomic E-state index is 0.445. The van der Waals surface area contributed by atoms with E-state index in [2.05, 4.69) is 20.3 Å². The maximum absolute atomic E-state index is 5.19. The summed E-state index contributed by atoms with van der Waals surface area (Å²) in [6.07, 6.45) is 1.65. The van der Waals surface area contributed by atoms with Crippen molar-refractivity contribution in [2.24, 2.45) is 0 Å². The molecule has 3 aromatic rings. The fraction of sp³-hybridized carbons (Fsp3) is 0.0833. The average Bonchev–Trinajstić information content (AvgIpc) is 3.00. The van der Waals surface area contributed by atoms with Crippen LogP contribution in [-0.2, 0) is 0 Å². The van der Waals surface area contributed by atoms with Gasteiger partial charge in [0.1, 0.15) is 5.69 Å². The molecule has 5 nitrogen and oxygen atoms in total. The Morgan fingerprint density at radius 1 is 1.18 bits per heavy atom. The van der Waals surface area contributed by atoms with E-state index in [0.29, 0.717) is 11.7 Å². The number of rotatable bonds is 2. The van der Waals surface area contributed by atoms with Crippen molar-refractivity contribution in [2.45, 2.75) is 6.92 Å². The molecule has 84 valence electrons. The smallest absolute Gasteiger partial charge is 0.276 e. The van der Waals surface area contributed by atoms with Gasteiger partial charge in [0.2, 0.25) is 5.82 Å². The maximum Gasteiger partial charge on any atom is 0.276 e. The van der Waals surface area contributed by atoms with Gasteiger partial charge in [0.25, 0.3) is 5.89 Å². The number of H-pyrrole nitrogens is 1. The van der Waals surface area contributed by atoms with Crippen LogP contribution in [0.1, 0.15) is 5.56 Å². The van der Waals surface area contributed by atoms with E-state index in [1.165, 1.54) is 0 Å². The van der Waals surface area contributed by atoms with E-state index in [0.717, 1.165) is 16.8 Å². The summed E-state index contributed by atoms with van der Waals surface area (Å²) in [5.41, 5.74) is 2.81. The Morgan fingerprint density at radius 2 is 2.06 bits per heavy atom. The van der Waals surface area contributed by atoms with E-state index >= 15 is 0 Å². The van der Waals surface area contributed by atoms with Gasteiger partial charge in [0, 0.05) is 11.8 Å². The summed E-state index contributed by atoms with van der Waals surface area (Å²) >= 11 is 0. The lowest BCUT2D eigenvalue weighted by Crippen LogP contribution is -1.84. The lowest BCUT2D eigenvalue weighted by molar-refractivity contribution is 0.431. The molecule has 0 radical (unpaired) electrons. The molecule has 0 aliphatic carbocycles. The van der Waals surface area contributed by atoms with Gasteiger partial charge in [-0.15, -0.1) is 0 Å². The van der Waals surface area contributed by atoms with Gasteiger partial charge in [-0.3, -0.25) is 5.10 Å². The van der Waals surface area contributed by atoms with Crippen molar-refractivity contribution >= 4 is 0 Å². The van der Waals surface area contributed by atoms with Gasteiger partial charge in [-0.05, 0) is 18.6 Å². The molecular weight excluding hydrogens is 216 g/mol. The molecule has 3 rings (SSSR count). The second-order valence-electron chi connectivity index (χ2n) is 3.71. The summed E-state index contributed by atoms with van der Waals surface area (Å²) in [6.45, 7) is 2.02. The minimum atomic E-state index is 0.445. The molecule has 17 heavy (non-hydrogen) atoms. The first-order valence-electron chi connectivity index (χ1n) is 5.24. The summed E-state index contributed by atoms with van der Waals surface area (Å²) in [6, 6.07) is 9.71. The van der Waals surface area contributed by atoms with Crippen LogP contribution in [0.25, 0.3) is 23.0 Å². The average molecular weight is 226 g/mol. The summed E-state index contributed by atoms with van der Waals surface area (Å²) < 4.78 is 5.19. The highest BCUT2D eigenvalue weighted by Gasteiger charge is 2.12. The van der Waals surface area contributed by atoms with Gasteiger partial charge in [0.05, 0.1) is 0 Å². The van der Waals surface area contributed by atoms with Crippen LogP contribution in [0.2, 0.25) is 0 Å². The largest absolute Gasteiger partial charge is 0.332 e. The highest BCUT2D eigenvalue weighted by Crippen LogP contribution is 2.22. The van der Waals surface area contributed by atoms with Crippen molar-refractivity contribution < 1.29 is 4.52 Å². The van der Waals surface area contributed by atoms with Crippen molar-refractivity contribution in [3.8, 4) is 23.0 Å². The van der Waals surface area contributed by atoms with Gasteiger partial charge in [0.15, 0.2) is 0 Å². The maximum atomic E-state index is 5.19. The Morgan fingerprint density at radius 3 is 2.82 bits per heavy atom. The quantitative estimate of drug-likeness (QED) is 0.728. The van der Waals surface area contributed by atoms with Crippen LogP contribution >= 0.6 is 0 Å². The first-order valence-corrected chi connectivity index (χ1v) is 5.24. The summed E-state index contributed by atoms with van der Waals surface area (Å²) in [5, 5.41) is 10.6. The number of nitrogens with zero attached hydrogens (tertiary/aromatic N) is 3. The predicted molar refractivity (Wildman–Crippen MR) is 62.1 cm³/mol. The fourth-order valence-corrected chi connectivity index (χ4v) is 1.64. The zero-order valence-corrected chi connectivity index (χ0v) is 9.21. The van der Waals surface area contributed by atoms with Crippen molar-refractivity contribution in [1.82, 2.24) is 20.3 Å². The van der Waals surface area contributed by atoms with Crippen LogP contribution in [0.4, 0.5) is 0 Å². The molecule has 0 saturated carbocycles. The number of hydrogen-bond acceptors (Lipinski definition) is 4. The number of nitrogens with one attached hydrogen (secondary N) is 1. The molecule has 0 atom stereocenters. The number of aryl methyl sites for hydroxylation is 1. The lowest BCUT2D eigenvalue weighted by atomic mass is 10.1. The Kier molecular flexibility index (Phi) is 2.22. The van der Waals surface area contributed by atoms with Gasteiger partial charge in [-0.1, -0.05) is 29.4 Å². The van der Waals surface area contributed by atoms with E-state index < -0.39 is 0 Å². The molecule has 0 bridgehead atoms. The molecule has 2 heterocycles. The predicted octanol–water partition coefficient (Wildman–Crippen LogP) is 2.44. The van der Waals surface area contributed by atoms with E-state index in [9.17, 15) is 0 Å². The minimum Gasteiger partial charge on any atom is -0.332 e. The van der Waals surface area contributed by atoms with Crippen molar-refractivity contribution in [3.63, 3.8) is 0 Å². The lowest BCUT2D eigenvalue weighted by Gasteiger charge is -1.97. The molecule has 0 amide bonds. The SMILES string of the molecule is Cc1ccccc1-c1noc(-c2ccn[nH]2)n1. The Balaban J connectivity index is 2.04. The van der Waals surface area contributed by atoms with Gasteiger partial charge >= 0.3 is 0 Å². The van der Waals surface area contributed by atoms with Crippen LogP contribution in [-0.4, -0.2) is 20.3 Å². The van der Waals surface area contributed by atoms with E-state index in [4.69, 9.17) is 4.52 Å². The third-order valence-corrected chi connectivity index (χ3v) is 2.54.